The third kappa shape index (κ3) is 2.25. The number of thioether (sulfide) groups is 1. The molecule has 1 amide bonds. The van der Waals surface area contributed by atoms with Crippen molar-refractivity contribution in [2.75, 3.05) is 18.6 Å². The number of hydrogen-bond acceptors (Lipinski definition) is 3. The molecule has 0 bridgehead atoms. The van der Waals surface area contributed by atoms with E-state index in [1.165, 1.54) is 12.1 Å². The Morgan fingerprint density at radius 2 is 2.11 bits per heavy atom. The van der Waals surface area contributed by atoms with Crippen LogP contribution in [0.15, 0.2) is 24.3 Å². The van der Waals surface area contributed by atoms with Crippen LogP contribution in [0.3, 0.4) is 0 Å². The first-order valence-electron chi connectivity index (χ1n) is 6.49. The van der Waals surface area contributed by atoms with Crippen molar-refractivity contribution >= 4 is 17.7 Å². The Hall–Kier alpha value is -1.07. The lowest BCUT2D eigenvalue weighted by Gasteiger charge is -2.24. The van der Waals surface area contributed by atoms with Gasteiger partial charge in [-0.15, -0.1) is 0 Å². The highest BCUT2D eigenvalue weighted by atomic mass is 32.2. The average molecular weight is 280 g/mol. The smallest absolute Gasteiger partial charge is 0.244 e. The number of nitrogens with zero attached hydrogens (tertiary/aromatic N) is 1. The number of nitrogens with one attached hydrogen (secondary N) is 1. The molecule has 3 nitrogen and oxygen atoms in total. The normalized spacial score (nSPS) is 24.2. The van der Waals surface area contributed by atoms with Gasteiger partial charge in [-0.3, -0.25) is 10.1 Å². The van der Waals surface area contributed by atoms with Crippen molar-refractivity contribution in [3.05, 3.63) is 35.6 Å². The summed E-state index contributed by atoms with van der Waals surface area (Å²) in [4.78, 5) is 14.3. The van der Waals surface area contributed by atoms with Crippen LogP contribution in [-0.2, 0) is 4.79 Å². The molecule has 1 saturated carbocycles. The van der Waals surface area contributed by atoms with E-state index in [2.05, 4.69) is 5.32 Å². The summed E-state index contributed by atoms with van der Waals surface area (Å²) in [6.45, 7) is 0.733. The minimum atomic E-state index is -0.322. The van der Waals surface area contributed by atoms with Gasteiger partial charge in [0, 0.05) is 12.3 Å². The lowest BCUT2D eigenvalue weighted by atomic mass is 10.1. The van der Waals surface area contributed by atoms with Gasteiger partial charge in [-0.1, -0.05) is 12.1 Å². The molecule has 1 aliphatic carbocycles. The first-order chi connectivity index (χ1) is 9.16. The van der Waals surface area contributed by atoms with Crippen LogP contribution in [0.1, 0.15) is 24.6 Å². The highest BCUT2D eigenvalue weighted by molar-refractivity contribution is 7.98. The van der Waals surface area contributed by atoms with E-state index in [1.807, 2.05) is 11.2 Å². The van der Waals surface area contributed by atoms with E-state index in [0.29, 0.717) is 0 Å². The molecule has 1 aliphatic heterocycles. The SMILES string of the molecule is CSCCN1C(=O)C2(CC2)NC1c1ccc(F)cc1. The number of hydrogen-bond donors (Lipinski definition) is 1. The van der Waals surface area contributed by atoms with Crippen molar-refractivity contribution in [3.8, 4) is 0 Å². The molecule has 1 unspecified atom stereocenters. The molecular formula is C14H17FN2OS. The predicted molar refractivity (Wildman–Crippen MR) is 74.3 cm³/mol. The van der Waals surface area contributed by atoms with E-state index in [-0.39, 0.29) is 23.4 Å². The molecule has 1 N–H and O–H groups in total. The van der Waals surface area contributed by atoms with Gasteiger partial charge >= 0.3 is 0 Å². The fourth-order valence-corrected chi connectivity index (χ4v) is 2.98. The highest BCUT2D eigenvalue weighted by Crippen LogP contribution is 2.45. The van der Waals surface area contributed by atoms with Crippen LogP contribution in [0.4, 0.5) is 4.39 Å². The molecule has 3 rings (SSSR count). The van der Waals surface area contributed by atoms with E-state index < -0.39 is 0 Å². The Morgan fingerprint density at radius 1 is 1.42 bits per heavy atom. The van der Waals surface area contributed by atoms with Gasteiger partial charge in [-0.25, -0.2) is 4.39 Å². The van der Waals surface area contributed by atoms with Crippen molar-refractivity contribution in [1.29, 1.82) is 0 Å². The average Bonchev–Trinajstić information content (AvgIpc) is 3.14. The number of benzene rings is 1. The Bertz CT molecular complexity index is 487. The second kappa shape index (κ2) is 4.80. The number of carbonyl (C=O) groups is 1. The largest absolute Gasteiger partial charge is 0.320 e. The maximum atomic E-state index is 13.0. The first kappa shape index (κ1) is 12.9. The molecule has 1 aromatic carbocycles. The van der Waals surface area contributed by atoms with Crippen LogP contribution >= 0.6 is 11.8 Å². The molecule has 1 saturated heterocycles. The highest BCUT2D eigenvalue weighted by Gasteiger charge is 2.59. The van der Waals surface area contributed by atoms with Gasteiger partial charge in [0.05, 0.1) is 0 Å². The number of halogens is 1. The summed E-state index contributed by atoms with van der Waals surface area (Å²) < 4.78 is 13.0. The Balaban J connectivity index is 1.85. The zero-order valence-corrected chi connectivity index (χ0v) is 11.7. The van der Waals surface area contributed by atoms with Crippen molar-refractivity contribution < 1.29 is 9.18 Å². The molecular weight excluding hydrogens is 263 g/mol. The maximum Gasteiger partial charge on any atom is 0.244 e. The summed E-state index contributed by atoms with van der Waals surface area (Å²) in [6.07, 6.45) is 3.76. The van der Waals surface area contributed by atoms with E-state index in [9.17, 15) is 9.18 Å². The molecule has 0 radical (unpaired) electrons. The van der Waals surface area contributed by atoms with Crippen LogP contribution in [0.25, 0.3) is 0 Å². The van der Waals surface area contributed by atoms with Gasteiger partial charge < -0.3 is 4.90 Å². The lowest BCUT2D eigenvalue weighted by molar-refractivity contribution is -0.130. The van der Waals surface area contributed by atoms with Crippen LogP contribution in [0.5, 0.6) is 0 Å². The van der Waals surface area contributed by atoms with Crippen molar-refractivity contribution in [1.82, 2.24) is 10.2 Å². The first-order valence-corrected chi connectivity index (χ1v) is 7.89. The van der Waals surface area contributed by atoms with E-state index in [1.54, 1.807) is 23.9 Å². The third-order valence-electron chi connectivity index (χ3n) is 3.87. The molecule has 19 heavy (non-hydrogen) atoms. The van der Waals surface area contributed by atoms with Gasteiger partial charge in [0.1, 0.15) is 17.5 Å². The Morgan fingerprint density at radius 3 is 2.68 bits per heavy atom. The van der Waals surface area contributed by atoms with Crippen LogP contribution in [-0.4, -0.2) is 34.9 Å². The molecule has 1 atom stereocenters. The van der Waals surface area contributed by atoms with Crippen molar-refractivity contribution in [3.63, 3.8) is 0 Å². The summed E-state index contributed by atoms with van der Waals surface area (Å²) in [5.74, 6) is 0.877. The zero-order chi connectivity index (χ0) is 13.5. The molecule has 0 aromatic heterocycles. The fraction of sp³-hybridized carbons (Fsp3) is 0.500. The van der Waals surface area contributed by atoms with Gasteiger partial charge in [0.25, 0.3) is 0 Å². The van der Waals surface area contributed by atoms with Crippen LogP contribution in [0, 0.1) is 5.82 Å². The van der Waals surface area contributed by atoms with Crippen LogP contribution in [0.2, 0.25) is 0 Å². The third-order valence-corrected chi connectivity index (χ3v) is 4.46. The van der Waals surface area contributed by atoms with Crippen LogP contribution < -0.4 is 5.32 Å². The molecule has 1 heterocycles. The number of amides is 1. The quantitative estimate of drug-likeness (QED) is 0.917. The lowest BCUT2D eigenvalue weighted by Crippen LogP contribution is -2.33. The maximum absolute atomic E-state index is 13.0. The van der Waals surface area contributed by atoms with Crippen molar-refractivity contribution in [2.45, 2.75) is 24.5 Å². The molecule has 102 valence electrons. The zero-order valence-electron chi connectivity index (χ0n) is 10.9. The minimum Gasteiger partial charge on any atom is -0.320 e. The number of carbonyl (C=O) groups excluding carboxylic acids is 1. The van der Waals surface area contributed by atoms with Crippen molar-refractivity contribution in [2.24, 2.45) is 0 Å². The van der Waals surface area contributed by atoms with E-state index in [4.69, 9.17) is 0 Å². The Kier molecular flexibility index (Phi) is 3.27. The summed E-state index contributed by atoms with van der Waals surface area (Å²) >= 11 is 1.73. The molecule has 1 spiro atoms. The monoisotopic (exact) mass is 280 g/mol. The summed E-state index contributed by atoms with van der Waals surface area (Å²) in [5.41, 5.74) is 0.636. The summed E-state index contributed by atoms with van der Waals surface area (Å²) in [6, 6.07) is 6.42. The second-order valence-electron chi connectivity index (χ2n) is 5.17. The van der Waals surface area contributed by atoms with Gasteiger partial charge in [-0.2, -0.15) is 11.8 Å². The molecule has 1 aromatic rings. The standard InChI is InChI=1S/C14H17FN2OS/c1-19-9-8-17-12(10-2-4-11(15)5-3-10)16-14(6-7-14)13(17)18/h2-5,12,16H,6-9H2,1H3. The van der Waals surface area contributed by atoms with E-state index in [0.717, 1.165) is 30.7 Å². The predicted octanol–water partition coefficient (Wildman–Crippen LogP) is 2.15. The topological polar surface area (TPSA) is 32.3 Å². The number of rotatable bonds is 4. The van der Waals surface area contributed by atoms with Gasteiger partial charge in [-0.05, 0) is 36.8 Å². The Labute approximate surface area is 116 Å². The summed E-state index contributed by atoms with van der Waals surface area (Å²) in [7, 11) is 0. The summed E-state index contributed by atoms with van der Waals surface area (Å²) in [5, 5.41) is 3.43. The molecule has 2 aliphatic rings. The van der Waals surface area contributed by atoms with Gasteiger partial charge in [0.15, 0.2) is 0 Å². The second-order valence-corrected chi connectivity index (χ2v) is 6.16. The van der Waals surface area contributed by atoms with Gasteiger partial charge in [0.2, 0.25) is 5.91 Å². The minimum absolute atomic E-state index is 0.109. The fourth-order valence-electron chi connectivity index (χ4n) is 2.61. The van der Waals surface area contributed by atoms with E-state index >= 15 is 0 Å². The molecule has 2 fully saturated rings. The molecule has 5 heteroatoms.